The number of rotatable bonds is 12. The molecule has 0 amide bonds. The second kappa shape index (κ2) is 16.9. The molecule has 0 fully saturated rings. The van der Waals surface area contributed by atoms with Crippen molar-refractivity contribution >= 4 is 11.6 Å². The van der Waals surface area contributed by atoms with Crippen molar-refractivity contribution in [2.45, 2.75) is 90.4 Å². The molecule has 0 saturated carbocycles. The van der Waals surface area contributed by atoms with Crippen LogP contribution in [0.25, 0.3) is 0 Å². The molecule has 0 atom stereocenters. The Bertz CT molecular complexity index is 179. The Hall–Kier alpha value is -0.150. The van der Waals surface area contributed by atoms with E-state index in [1.165, 1.54) is 70.6 Å². The zero-order chi connectivity index (χ0) is 13.3. The summed E-state index contributed by atoms with van der Waals surface area (Å²) in [6.45, 7) is 2.27. The molecule has 0 nitrogen and oxygen atoms in total. The summed E-state index contributed by atoms with van der Waals surface area (Å²) in [6.07, 6.45) is 16.8. The van der Waals surface area contributed by atoms with Crippen LogP contribution in [-0.2, 0) is 0 Å². The lowest BCUT2D eigenvalue weighted by Crippen LogP contribution is -1.80. The van der Waals surface area contributed by atoms with Gasteiger partial charge in [0.15, 0.2) is 0 Å². The summed E-state index contributed by atoms with van der Waals surface area (Å²) < 4.78 is 0. The van der Waals surface area contributed by atoms with E-state index >= 15 is 0 Å². The minimum absolute atomic E-state index is 0.818. The number of hydrogen-bond acceptors (Lipinski definition) is 0. The Morgan fingerprint density at radius 2 is 1.06 bits per heavy atom. The van der Waals surface area contributed by atoms with Crippen LogP contribution in [0.2, 0.25) is 0 Å². The van der Waals surface area contributed by atoms with Crippen molar-refractivity contribution in [3.8, 4) is 11.8 Å². The van der Waals surface area contributed by atoms with E-state index in [1.54, 1.807) is 0 Å². The lowest BCUT2D eigenvalue weighted by atomic mass is 10.1. The molecule has 0 aliphatic heterocycles. The van der Waals surface area contributed by atoms with Crippen LogP contribution in [0.5, 0.6) is 0 Å². The van der Waals surface area contributed by atoms with E-state index in [2.05, 4.69) is 18.8 Å². The Morgan fingerprint density at radius 1 is 0.611 bits per heavy atom. The third-order valence-corrected chi connectivity index (χ3v) is 3.48. The first-order chi connectivity index (χ1) is 8.91. The average molecular weight is 271 g/mol. The molecule has 0 aromatic rings. The van der Waals surface area contributed by atoms with E-state index in [0.717, 1.165) is 18.7 Å². The Morgan fingerprint density at radius 3 is 1.56 bits per heavy atom. The van der Waals surface area contributed by atoms with Gasteiger partial charge in [-0.2, -0.15) is 0 Å². The highest BCUT2D eigenvalue weighted by atomic mass is 35.5. The largest absolute Gasteiger partial charge is 0.127 e. The van der Waals surface area contributed by atoms with Gasteiger partial charge >= 0.3 is 0 Å². The van der Waals surface area contributed by atoms with Crippen molar-refractivity contribution in [2.24, 2.45) is 0 Å². The predicted octanol–water partition coefficient (Wildman–Crippen LogP) is 6.32. The van der Waals surface area contributed by atoms with Crippen LogP contribution in [0.3, 0.4) is 0 Å². The van der Waals surface area contributed by atoms with Crippen LogP contribution >= 0.6 is 11.6 Å². The quantitative estimate of drug-likeness (QED) is 0.221. The van der Waals surface area contributed by atoms with Crippen molar-refractivity contribution in [1.82, 2.24) is 0 Å². The van der Waals surface area contributed by atoms with Crippen LogP contribution in [0.4, 0.5) is 0 Å². The van der Waals surface area contributed by atoms with Crippen molar-refractivity contribution in [1.29, 1.82) is 0 Å². The lowest BCUT2D eigenvalue weighted by molar-refractivity contribution is 0.613. The summed E-state index contributed by atoms with van der Waals surface area (Å²) in [6, 6.07) is 0. The molecule has 0 spiro atoms. The van der Waals surface area contributed by atoms with Gasteiger partial charge in [-0.25, -0.2) is 0 Å². The van der Waals surface area contributed by atoms with Gasteiger partial charge in [0.05, 0.1) is 0 Å². The van der Waals surface area contributed by atoms with Crippen molar-refractivity contribution < 1.29 is 0 Å². The molecule has 0 aliphatic carbocycles. The summed E-state index contributed by atoms with van der Waals surface area (Å²) in [4.78, 5) is 0. The minimum Gasteiger partial charge on any atom is -0.127 e. The highest BCUT2D eigenvalue weighted by Crippen LogP contribution is 2.07. The smallest absolute Gasteiger partial charge is 0.0223 e. The van der Waals surface area contributed by atoms with Gasteiger partial charge in [-0.05, 0) is 19.3 Å². The summed E-state index contributed by atoms with van der Waals surface area (Å²) in [5.74, 6) is 7.43. The molecule has 1 heteroatoms. The van der Waals surface area contributed by atoms with E-state index in [0.29, 0.717) is 0 Å². The van der Waals surface area contributed by atoms with Gasteiger partial charge in [0.25, 0.3) is 0 Å². The second-order valence-electron chi connectivity index (χ2n) is 5.08. The van der Waals surface area contributed by atoms with Gasteiger partial charge in [-0.1, -0.05) is 58.3 Å². The van der Waals surface area contributed by atoms with Crippen LogP contribution in [0, 0.1) is 11.8 Å². The Kier molecular flexibility index (Phi) is 16.7. The fourth-order valence-electron chi connectivity index (χ4n) is 2.01. The minimum atomic E-state index is 0.818. The van der Waals surface area contributed by atoms with Crippen molar-refractivity contribution in [2.75, 3.05) is 5.88 Å². The summed E-state index contributed by atoms with van der Waals surface area (Å²) in [7, 11) is 0. The number of hydrogen-bond donors (Lipinski definition) is 0. The summed E-state index contributed by atoms with van der Waals surface area (Å²) in [5, 5.41) is 0. The monoisotopic (exact) mass is 270 g/mol. The maximum Gasteiger partial charge on any atom is 0.0223 e. The van der Waals surface area contributed by atoms with E-state index in [4.69, 9.17) is 11.6 Å². The molecule has 106 valence electrons. The molecule has 0 aliphatic rings. The van der Waals surface area contributed by atoms with Crippen LogP contribution < -0.4 is 0 Å². The molecule has 0 radical (unpaired) electrons. The van der Waals surface area contributed by atoms with Gasteiger partial charge in [0, 0.05) is 18.7 Å². The van der Waals surface area contributed by atoms with Crippen molar-refractivity contribution in [3.63, 3.8) is 0 Å². The first-order valence-corrected chi connectivity index (χ1v) is 8.47. The molecule has 0 aromatic carbocycles. The van der Waals surface area contributed by atoms with Gasteiger partial charge < -0.3 is 0 Å². The first-order valence-electron chi connectivity index (χ1n) is 7.93. The van der Waals surface area contributed by atoms with E-state index < -0.39 is 0 Å². The molecule has 0 saturated heterocycles. The molecule has 0 rings (SSSR count). The van der Waals surface area contributed by atoms with Crippen LogP contribution in [0.15, 0.2) is 0 Å². The Balaban J connectivity index is 3.05. The molecular formula is C17H31Cl. The predicted molar refractivity (Wildman–Crippen MR) is 84.2 cm³/mol. The molecule has 0 unspecified atom stereocenters. The van der Waals surface area contributed by atoms with Crippen LogP contribution in [-0.4, -0.2) is 5.88 Å². The molecule has 0 bridgehead atoms. The molecule has 0 aromatic heterocycles. The summed E-state index contributed by atoms with van der Waals surface area (Å²) >= 11 is 5.63. The number of unbranched alkanes of at least 4 members (excludes halogenated alkanes) is 11. The van der Waals surface area contributed by atoms with Gasteiger partial charge in [0.1, 0.15) is 0 Å². The standard InChI is InChI=1S/C17H31Cl/c1-2-3-4-5-6-7-8-9-10-11-12-13-14-15-16-17-18/h2-8,11-17H2,1H3. The third kappa shape index (κ3) is 15.9. The highest BCUT2D eigenvalue weighted by Gasteiger charge is 1.89. The van der Waals surface area contributed by atoms with Crippen molar-refractivity contribution in [3.05, 3.63) is 0 Å². The molecule has 0 N–H and O–H groups in total. The fraction of sp³-hybridized carbons (Fsp3) is 0.882. The third-order valence-electron chi connectivity index (χ3n) is 3.22. The molecular weight excluding hydrogens is 240 g/mol. The lowest BCUT2D eigenvalue weighted by Gasteiger charge is -1.97. The van der Waals surface area contributed by atoms with Gasteiger partial charge in [-0.3, -0.25) is 0 Å². The van der Waals surface area contributed by atoms with Gasteiger partial charge in [0.2, 0.25) is 0 Å². The number of halogens is 1. The maximum atomic E-state index is 5.63. The second-order valence-corrected chi connectivity index (χ2v) is 5.46. The zero-order valence-corrected chi connectivity index (χ0v) is 13.0. The molecule has 18 heavy (non-hydrogen) atoms. The SMILES string of the molecule is CCCCCCCCC#CCCCCCCCCl. The first kappa shape index (κ1) is 17.8. The summed E-state index contributed by atoms with van der Waals surface area (Å²) in [5.41, 5.74) is 0. The Labute approximate surface area is 120 Å². The fourth-order valence-corrected chi connectivity index (χ4v) is 2.20. The average Bonchev–Trinajstić information content (AvgIpc) is 2.39. The van der Waals surface area contributed by atoms with E-state index in [9.17, 15) is 0 Å². The topological polar surface area (TPSA) is 0 Å². The highest BCUT2D eigenvalue weighted by molar-refractivity contribution is 6.17. The van der Waals surface area contributed by atoms with E-state index in [1.807, 2.05) is 0 Å². The van der Waals surface area contributed by atoms with Gasteiger partial charge in [-0.15, -0.1) is 23.4 Å². The normalized spacial score (nSPS) is 10.1. The maximum absolute atomic E-state index is 5.63. The van der Waals surface area contributed by atoms with Crippen LogP contribution in [0.1, 0.15) is 90.4 Å². The van der Waals surface area contributed by atoms with E-state index in [-0.39, 0.29) is 0 Å². The molecule has 0 heterocycles. The zero-order valence-electron chi connectivity index (χ0n) is 12.3. The number of alkyl halides is 1.